The van der Waals surface area contributed by atoms with Gasteiger partial charge in [-0.25, -0.2) is 0 Å². The van der Waals surface area contributed by atoms with E-state index in [0.717, 1.165) is 17.6 Å². The van der Waals surface area contributed by atoms with Gasteiger partial charge in [-0.3, -0.25) is 0 Å². The third kappa shape index (κ3) is 7.02. The molecular formula is C9H24NOP. The molecule has 0 spiro atoms. The summed E-state index contributed by atoms with van der Waals surface area (Å²) in [6.07, 6.45) is 2.47. The van der Waals surface area contributed by atoms with Gasteiger partial charge >= 0.3 is 77.6 Å². The van der Waals surface area contributed by atoms with Crippen LogP contribution in [0.1, 0.15) is 13.8 Å². The molecule has 12 heavy (non-hydrogen) atoms. The molecule has 2 nitrogen and oxygen atoms in total. The predicted octanol–water partition coefficient (Wildman–Crippen LogP) is 1.88. The van der Waals surface area contributed by atoms with Gasteiger partial charge in [-0.05, 0) is 0 Å². The monoisotopic (exact) mass is 193 g/mol. The van der Waals surface area contributed by atoms with E-state index in [1.807, 2.05) is 0 Å². The summed E-state index contributed by atoms with van der Waals surface area (Å²) in [4.78, 5) is 0. The van der Waals surface area contributed by atoms with Crippen LogP contribution in [0, 0.1) is 0 Å². The zero-order valence-electron chi connectivity index (χ0n) is 9.18. The van der Waals surface area contributed by atoms with Crippen molar-refractivity contribution in [3.8, 4) is 0 Å². The Morgan fingerprint density at radius 1 is 1.08 bits per heavy atom. The van der Waals surface area contributed by atoms with Crippen molar-refractivity contribution in [1.82, 2.24) is 0 Å². The van der Waals surface area contributed by atoms with E-state index < -0.39 is 8.15 Å². The van der Waals surface area contributed by atoms with Crippen LogP contribution >= 0.6 is 8.15 Å². The Morgan fingerprint density at radius 3 is 1.92 bits per heavy atom. The van der Waals surface area contributed by atoms with Crippen LogP contribution in [0.15, 0.2) is 0 Å². The van der Waals surface area contributed by atoms with Crippen LogP contribution in [-0.2, 0) is 4.52 Å². The van der Waals surface area contributed by atoms with Gasteiger partial charge in [0, 0.05) is 0 Å². The summed E-state index contributed by atoms with van der Waals surface area (Å²) < 4.78 is 6.81. The molecule has 0 fully saturated rings. The first-order valence-electron chi connectivity index (χ1n) is 4.77. The quantitative estimate of drug-likeness (QED) is 0.462. The Hall–Kier alpha value is 0.350. The number of rotatable bonds is 6. The molecule has 0 radical (unpaired) electrons. The van der Waals surface area contributed by atoms with Gasteiger partial charge in [-0.2, -0.15) is 0 Å². The van der Waals surface area contributed by atoms with Crippen molar-refractivity contribution in [2.75, 3.05) is 46.6 Å². The van der Waals surface area contributed by atoms with Gasteiger partial charge in [0.05, 0.1) is 0 Å². The molecule has 0 amide bonds. The van der Waals surface area contributed by atoms with Gasteiger partial charge in [-0.1, -0.05) is 0 Å². The normalized spacial score (nSPS) is 13.2. The fourth-order valence-electron chi connectivity index (χ4n) is 0.918. The summed E-state index contributed by atoms with van der Waals surface area (Å²) >= 11 is 0. The molecule has 0 saturated carbocycles. The second-order valence-electron chi connectivity index (χ2n) is 4.11. The summed E-state index contributed by atoms with van der Waals surface area (Å²) in [5.41, 5.74) is 0. The standard InChI is InChI=1S/C9H24NOP/c1-6-12(7-2)11-9-8-10(3,4)5/h12H,6-9H2,1-5H3. The average molecular weight is 193 g/mol. The molecule has 0 aliphatic carbocycles. The maximum atomic E-state index is 5.80. The van der Waals surface area contributed by atoms with E-state index in [0.29, 0.717) is 0 Å². The second kappa shape index (κ2) is 5.90. The van der Waals surface area contributed by atoms with Crippen LogP contribution in [0.2, 0.25) is 0 Å². The van der Waals surface area contributed by atoms with Crippen molar-refractivity contribution < 1.29 is 9.01 Å². The van der Waals surface area contributed by atoms with Gasteiger partial charge in [0.25, 0.3) is 0 Å². The molecule has 0 saturated heterocycles. The molecule has 0 atom stereocenters. The zero-order chi connectivity index (χ0) is 9.61. The van der Waals surface area contributed by atoms with Crippen LogP contribution in [0.4, 0.5) is 0 Å². The number of quaternary nitrogens is 1. The Labute approximate surface area is 78.3 Å². The molecule has 0 heterocycles. The van der Waals surface area contributed by atoms with E-state index in [9.17, 15) is 0 Å². The molecule has 0 aliphatic rings. The van der Waals surface area contributed by atoms with E-state index >= 15 is 0 Å². The van der Waals surface area contributed by atoms with Crippen LogP contribution in [0.25, 0.3) is 0 Å². The van der Waals surface area contributed by atoms with Crippen molar-refractivity contribution in [3.63, 3.8) is 0 Å². The molecule has 0 aromatic rings. The zero-order valence-corrected chi connectivity index (χ0v) is 10.2. The molecule has 0 N–H and O–H groups in total. The van der Waals surface area contributed by atoms with Crippen molar-refractivity contribution in [1.29, 1.82) is 0 Å². The van der Waals surface area contributed by atoms with E-state index in [1.54, 1.807) is 0 Å². The minimum absolute atomic E-state index is 0.455. The summed E-state index contributed by atoms with van der Waals surface area (Å²) in [5, 5.41) is 0. The molecule has 0 aromatic heterocycles. The van der Waals surface area contributed by atoms with Gasteiger partial charge < -0.3 is 0 Å². The van der Waals surface area contributed by atoms with Crippen LogP contribution in [-0.4, -0.2) is 51.1 Å². The minimum atomic E-state index is -0.455. The van der Waals surface area contributed by atoms with Crippen molar-refractivity contribution in [2.45, 2.75) is 13.8 Å². The van der Waals surface area contributed by atoms with Gasteiger partial charge in [0.15, 0.2) is 0 Å². The van der Waals surface area contributed by atoms with Gasteiger partial charge in [-0.15, -0.1) is 0 Å². The number of hydrogen-bond donors (Lipinski definition) is 0. The van der Waals surface area contributed by atoms with Crippen LogP contribution in [0.5, 0.6) is 0 Å². The first-order valence-corrected chi connectivity index (χ1v) is 6.59. The van der Waals surface area contributed by atoms with E-state index in [4.69, 9.17) is 4.52 Å². The summed E-state index contributed by atoms with van der Waals surface area (Å²) in [5.74, 6) is 0. The number of hydrogen-bond acceptors (Lipinski definition) is 1. The SMILES string of the molecule is CC[PH-](CC)OCC[N+](C)(C)C. The molecule has 76 valence electrons. The van der Waals surface area contributed by atoms with Crippen molar-refractivity contribution in [2.24, 2.45) is 0 Å². The molecule has 0 unspecified atom stereocenters. The Morgan fingerprint density at radius 2 is 1.58 bits per heavy atom. The molecule has 0 bridgehead atoms. The second-order valence-corrected chi connectivity index (χ2v) is 6.89. The molecule has 0 aromatic carbocycles. The first kappa shape index (κ1) is 12.3. The van der Waals surface area contributed by atoms with E-state index in [1.165, 1.54) is 12.3 Å². The van der Waals surface area contributed by atoms with E-state index in [2.05, 4.69) is 35.0 Å². The summed E-state index contributed by atoms with van der Waals surface area (Å²) in [6, 6.07) is 0. The van der Waals surface area contributed by atoms with Crippen molar-refractivity contribution in [3.05, 3.63) is 0 Å². The van der Waals surface area contributed by atoms with E-state index in [-0.39, 0.29) is 0 Å². The van der Waals surface area contributed by atoms with Gasteiger partial charge in [0.2, 0.25) is 0 Å². The Balaban J connectivity index is 3.41. The summed E-state index contributed by atoms with van der Waals surface area (Å²) in [6.45, 7) is 6.50. The number of nitrogens with zero attached hydrogens (tertiary/aromatic N) is 1. The third-order valence-corrected chi connectivity index (χ3v) is 4.05. The average Bonchev–Trinajstić information content (AvgIpc) is 1.96. The van der Waals surface area contributed by atoms with Gasteiger partial charge in [0.1, 0.15) is 0 Å². The molecular weight excluding hydrogens is 169 g/mol. The topological polar surface area (TPSA) is 9.23 Å². The van der Waals surface area contributed by atoms with Crippen LogP contribution < -0.4 is 0 Å². The first-order chi connectivity index (χ1) is 5.49. The Kier molecular flexibility index (Phi) is 6.08. The third-order valence-electron chi connectivity index (χ3n) is 1.86. The number of likely N-dealkylation sites (N-methyl/N-ethyl adjacent to an activating group) is 1. The predicted molar refractivity (Wildman–Crippen MR) is 58.2 cm³/mol. The fourth-order valence-corrected chi connectivity index (χ4v) is 2.21. The summed E-state index contributed by atoms with van der Waals surface area (Å²) in [7, 11) is 6.15. The van der Waals surface area contributed by atoms with Crippen LogP contribution in [0.3, 0.4) is 0 Å². The Bertz CT molecular complexity index is 108. The molecule has 0 rings (SSSR count). The molecule has 0 aliphatic heterocycles. The van der Waals surface area contributed by atoms with Crippen molar-refractivity contribution >= 4 is 8.15 Å². The maximum absolute atomic E-state index is 5.80. The molecule has 3 heteroatoms. The fraction of sp³-hybridized carbons (Fsp3) is 1.00.